The molecule has 1 fully saturated rings. The molecule has 0 aromatic heterocycles. The van der Waals surface area contributed by atoms with Crippen LogP contribution in [-0.2, 0) is 4.79 Å². The monoisotopic (exact) mass is 538 g/mol. The number of benzene rings is 2. The van der Waals surface area contributed by atoms with Crippen LogP contribution in [0.25, 0.3) is 0 Å². The molecule has 0 spiro atoms. The van der Waals surface area contributed by atoms with Crippen molar-refractivity contribution in [1.82, 2.24) is 15.5 Å². The van der Waals surface area contributed by atoms with E-state index in [4.69, 9.17) is 14.9 Å². The van der Waals surface area contributed by atoms with Crippen LogP contribution >= 0.6 is 0 Å². The number of carbonyl (C=O) groups excluding carboxylic acids is 2. The zero-order valence-electron chi connectivity index (χ0n) is 23.0. The SMILES string of the molecule is CC1(C)CC(=O)N([C@@H]2CC(C)(C)Oc3ccc(C(=O)N[C@H]4c5cc(F)ccc5OC(C)(C)[C@@H]4O)cc32)C(=N)N1. The van der Waals surface area contributed by atoms with Gasteiger partial charge in [-0.05, 0) is 77.9 Å². The van der Waals surface area contributed by atoms with Crippen LogP contribution in [0.5, 0.6) is 11.5 Å². The Hall–Kier alpha value is -3.66. The van der Waals surface area contributed by atoms with Gasteiger partial charge in [-0.1, -0.05) is 0 Å². The van der Waals surface area contributed by atoms with Gasteiger partial charge in [0.25, 0.3) is 5.91 Å². The van der Waals surface area contributed by atoms with Gasteiger partial charge in [-0.2, -0.15) is 0 Å². The highest BCUT2D eigenvalue weighted by Crippen LogP contribution is 2.45. The molecule has 10 heteroatoms. The number of carbonyl (C=O) groups is 2. The molecule has 39 heavy (non-hydrogen) atoms. The van der Waals surface area contributed by atoms with Crippen LogP contribution in [0.2, 0.25) is 0 Å². The van der Waals surface area contributed by atoms with Crippen LogP contribution in [-0.4, -0.2) is 50.6 Å². The van der Waals surface area contributed by atoms with Gasteiger partial charge in [0.2, 0.25) is 5.91 Å². The third kappa shape index (κ3) is 4.93. The first-order chi connectivity index (χ1) is 18.1. The maximum atomic E-state index is 14.1. The molecular formula is C29H35FN4O5. The average Bonchev–Trinajstić information content (AvgIpc) is 2.80. The van der Waals surface area contributed by atoms with Gasteiger partial charge in [-0.15, -0.1) is 0 Å². The summed E-state index contributed by atoms with van der Waals surface area (Å²) in [5, 5.41) is 25.6. The van der Waals surface area contributed by atoms with Gasteiger partial charge in [0.15, 0.2) is 5.96 Å². The van der Waals surface area contributed by atoms with Gasteiger partial charge in [0.1, 0.15) is 34.6 Å². The normalized spacial score (nSPS) is 26.4. The molecule has 208 valence electrons. The van der Waals surface area contributed by atoms with Gasteiger partial charge >= 0.3 is 0 Å². The van der Waals surface area contributed by atoms with Crippen molar-refractivity contribution in [2.24, 2.45) is 0 Å². The molecule has 0 unspecified atom stereocenters. The number of aliphatic hydroxyl groups excluding tert-OH is 1. The highest BCUT2D eigenvalue weighted by molar-refractivity contribution is 6.00. The summed E-state index contributed by atoms with van der Waals surface area (Å²) in [6, 6.07) is 7.52. The van der Waals surface area contributed by atoms with Crippen molar-refractivity contribution >= 4 is 17.8 Å². The number of nitrogens with zero attached hydrogens (tertiary/aromatic N) is 1. The van der Waals surface area contributed by atoms with E-state index in [0.29, 0.717) is 29.0 Å². The minimum absolute atomic E-state index is 0.00551. The fraction of sp³-hybridized carbons (Fsp3) is 0.483. The van der Waals surface area contributed by atoms with Gasteiger partial charge in [-0.3, -0.25) is 19.9 Å². The Labute approximate surface area is 227 Å². The number of nitrogens with one attached hydrogen (secondary N) is 3. The predicted octanol–water partition coefficient (Wildman–Crippen LogP) is 3.97. The Kier molecular flexibility index (Phi) is 6.17. The van der Waals surface area contributed by atoms with Crippen LogP contribution in [0, 0.1) is 11.2 Å². The van der Waals surface area contributed by atoms with E-state index in [2.05, 4.69) is 10.6 Å². The molecule has 4 N–H and O–H groups in total. The van der Waals surface area contributed by atoms with Crippen molar-refractivity contribution in [2.45, 2.75) is 89.3 Å². The van der Waals surface area contributed by atoms with Gasteiger partial charge in [0, 0.05) is 35.1 Å². The highest BCUT2D eigenvalue weighted by Gasteiger charge is 2.46. The topological polar surface area (TPSA) is 124 Å². The largest absolute Gasteiger partial charge is 0.487 e. The molecule has 0 aliphatic carbocycles. The summed E-state index contributed by atoms with van der Waals surface area (Å²) in [5.74, 6) is -0.263. The number of guanidine groups is 1. The minimum Gasteiger partial charge on any atom is -0.487 e. The van der Waals surface area contributed by atoms with Crippen LogP contribution in [0.1, 0.15) is 88.0 Å². The molecule has 2 aromatic rings. The van der Waals surface area contributed by atoms with E-state index in [0.717, 1.165) is 0 Å². The molecule has 0 bridgehead atoms. The molecule has 2 aromatic carbocycles. The zero-order chi connectivity index (χ0) is 28.5. The van der Waals surface area contributed by atoms with Crippen LogP contribution in [0.3, 0.4) is 0 Å². The maximum absolute atomic E-state index is 14.1. The minimum atomic E-state index is -1.15. The lowest BCUT2D eigenvalue weighted by Gasteiger charge is -2.46. The van der Waals surface area contributed by atoms with Crippen molar-refractivity contribution in [2.75, 3.05) is 0 Å². The number of aliphatic hydroxyl groups is 1. The standard InChI is InChI=1S/C29H35FN4O5/c1-27(2)14-22(35)34(26(31)33-27)19-13-28(3,4)38-20-9-7-15(11-17(19)20)25(37)32-23-18-12-16(30)8-10-21(18)39-29(5,6)24(23)36/h7-12,19,23-24,36H,13-14H2,1-6H3,(H2,31,33)(H,32,37)/t19-,23+,24-/m1/s1. The van der Waals surface area contributed by atoms with Crippen molar-refractivity contribution in [3.05, 3.63) is 58.9 Å². The molecule has 0 radical (unpaired) electrons. The lowest BCUT2D eigenvalue weighted by molar-refractivity contribution is -0.133. The Morgan fingerprint density at radius 2 is 1.74 bits per heavy atom. The number of hydrogen-bond acceptors (Lipinski definition) is 6. The van der Waals surface area contributed by atoms with Crippen molar-refractivity contribution in [3.63, 3.8) is 0 Å². The summed E-state index contributed by atoms with van der Waals surface area (Å²) in [6.07, 6.45) is -0.511. The second kappa shape index (κ2) is 8.94. The maximum Gasteiger partial charge on any atom is 0.251 e. The molecule has 9 nitrogen and oxygen atoms in total. The molecule has 3 atom stereocenters. The Morgan fingerprint density at radius 1 is 1.08 bits per heavy atom. The Bertz CT molecular complexity index is 1350. The van der Waals surface area contributed by atoms with E-state index < -0.39 is 46.7 Å². The van der Waals surface area contributed by atoms with Gasteiger partial charge < -0.3 is 25.2 Å². The van der Waals surface area contributed by atoms with Crippen molar-refractivity contribution in [3.8, 4) is 11.5 Å². The fourth-order valence-electron chi connectivity index (χ4n) is 5.68. The van der Waals surface area contributed by atoms with E-state index in [1.165, 1.54) is 23.1 Å². The van der Waals surface area contributed by atoms with Gasteiger partial charge in [0.05, 0.1) is 12.1 Å². The third-order valence-corrected chi connectivity index (χ3v) is 7.57. The summed E-state index contributed by atoms with van der Waals surface area (Å²) in [6.45, 7) is 11.0. The summed E-state index contributed by atoms with van der Waals surface area (Å²) in [7, 11) is 0. The first-order valence-corrected chi connectivity index (χ1v) is 13.1. The Balaban J connectivity index is 1.49. The zero-order valence-corrected chi connectivity index (χ0v) is 23.0. The third-order valence-electron chi connectivity index (χ3n) is 7.57. The molecule has 3 aliphatic heterocycles. The quantitative estimate of drug-likeness (QED) is 0.469. The number of amides is 2. The number of hydrogen-bond donors (Lipinski definition) is 4. The van der Waals surface area contributed by atoms with E-state index >= 15 is 0 Å². The van der Waals surface area contributed by atoms with Crippen LogP contribution in [0.15, 0.2) is 36.4 Å². The fourth-order valence-corrected chi connectivity index (χ4v) is 5.68. The van der Waals surface area contributed by atoms with E-state index in [9.17, 15) is 19.1 Å². The number of rotatable bonds is 3. The van der Waals surface area contributed by atoms with Crippen molar-refractivity contribution < 1.29 is 28.6 Å². The molecule has 3 heterocycles. The lowest BCUT2D eigenvalue weighted by Crippen LogP contribution is -2.61. The molecule has 2 amide bonds. The van der Waals surface area contributed by atoms with Crippen molar-refractivity contribution in [1.29, 1.82) is 5.41 Å². The summed E-state index contributed by atoms with van der Waals surface area (Å²) < 4.78 is 26.2. The van der Waals surface area contributed by atoms with E-state index in [-0.39, 0.29) is 23.9 Å². The average molecular weight is 539 g/mol. The summed E-state index contributed by atoms with van der Waals surface area (Å²) in [4.78, 5) is 28.2. The Morgan fingerprint density at radius 3 is 2.44 bits per heavy atom. The predicted molar refractivity (Wildman–Crippen MR) is 142 cm³/mol. The van der Waals surface area contributed by atoms with Gasteiger partial charge in [-0.25, -0.2) is 4.39 Å². The highest BCUT2D eigenvalue weighted by atomic mass is 19.1. The van der Waals surface area contributed by atoms with Crippen LogP contribution in [0.4, 0.5) is 4.39 Å². The first kappa shape index (κ1) is 26.9. The summed E-state index contributed by atoms with van der Waals surface area (Å²) >= 11 is 0. The number of fused-ring (bicyclic) bond motifs is 2. The lowest BCUT2D eigenvalue weighted by atomic mass is 9.85. The smallest absolute Gasteiger partial charge is 0.251 e. The number of halogens is 1. The summed E-state index contributed by atoms with van der Waals surface area (Å²) in [5.41, 5.74) is -0.942. The number of ether oxygens (including phenoxy) is 2. The van der Waals surface area contributed by atoms with E-state index in [1.54, 1.807) is 32.0 Å². The molecule has 0 saturated carbocycles. The molecule has 1 saturated heterocycles. The molecule has 3 aliphatic rings. The first-order valence-electron chi connectivity index (χ1n) is 13.1. The molecule has 5 rings (SSSR count). The second-order valence-electron chi connectivity index (χ2n) is 12.4. The molecular weight excluding hydrogens is 503 g/mol. The van der Waals surface area contributed by atoms with E-state index in [1.807, 2.05) is 27.7 Å². The second-order valence-corrected chi connectivity index (χ2v) is 12.4. The van der Waals surface area contributed by atoms with Crippen LogP contribution < -0.4 is 20.1 Å².